The Hall–Kier alpha value is -1.88. The lowest BCUT2D eigenvalue weighted by Crippen LogP contribution is -2.24. The van der Waals surface area contributed by atoms with Crippen LogP contribution in [0.25, 0.3) is 21.8 Å². The average molecular weight is 332 g/mol. The van der Waals surface area contributed by atoms with Crippen LogP contribution < -0.4 is 5.32 Å². The molecule has 3 rings (SSSR count). The molecule has 4 nitrogen and oxygen atoms in total. The largest absolute Gasteiger partial charge is 0.353 e. The number of rotatable bonds is 2. The first-order valence-corrected chi connectivity index (χ1v) is 7.18. The fraction of sp³-hybridized carbons (Fsp3) is 0.200. The Morgan fingerprint density at radius 3 is 2.90 bits per heavy atom. The summed E-state index contributed by atoms with van der Waals surface area (Å²) in [5, 5.41) is 5.15. The van der Waals surface area contributed by atoms with E-state index in [1.54, 1.807) is 6.20 Å². The second-order valence-electron chi connectivity index (χ2n) is 4.86. The van der Waals surface area contributed by atoms with Crippen molar-refractivity contribution in [3.8, 4) is 0 Å². The van der Waals surface area contributed by atoms with Gasteiger partial charge < -0.3 is 10.3 Å². The van der Waals surface area contributed by atoms with Crippen molar-refractivity contribution in [3.63, 3.8) is 0 Å². The van der Waals surface area contributed by atoms with Gasteiger partial charge in [0.05, 0.1) is 17.3 Å². The normalized spacial score (nSPS) is 12.8. The Bertz CT molecular complexity index is 809. The van der Waals surface area contributed by atoms with Crippen LogP contribution in [0.5, 0.6) is 0 Å². The average Bonchev–Trinajstić information content (AvgIpc) is 2.74. The molecule has 20 heavy (non-hydrogen) atoms. The number of hydrogen-bond acceptors (Lipinski definition) is 2. The summed E-state index contributed by atoms with van der Waals surface area (Å²) in [5.74, 6) is -0.0600. The number of H-pyrrole nitrogens is 1. The number of hydrogen-bond donors (Lipinski definition) is 2. The molecule has 0 saturated heterocycles. The lowest BCUT2D eigenvalue weighted by Gasteiger charge is -2.12. The molecule has 0 aliphatic carbocycles. The Kier molecular flexibility index (Phi) is 3.22. The van der Waals surface area contributed by atoms with Crippen LogP contribution in [0.15, 0.2) is 34.9 Å². The molecule has 0 aliphatic rings. The molecule has 2 heterocycles. The zero-order valence-electron chi connectivity index (χ0n) is 11.2. The van der Waals surface area contributed by atoms with Crippen LogP contribution in [-0.2, 0) is 4.79 Å². The minimum Gasteiger partial charge on any atom is -0.353 e. The molecule has 1 atom stereocenters. The van der Waals surface area contributed by atoms with E-state index in [1.165, 1.54) is 6.92 Å². The van der Waals surface area contributed by atoms with Crippen LogP contribution >= 0.6 is 15.9 Å². The van der Waals surface area contributed by atoms with Crippen LogP contribution in [0.2, 0.25) is 0 Å². The highest BCUT2D eigenvalue weighted by atomic mass is 79.9. The first-order valence-electron chi connectivity index (χ1n) is 6.39. The van der Waals surface area contributed by atoms with Crippen molar-refractivity contribution in [2.45, 2.75) is 19.9 Å². The maximum absolute atomic E-state index is 11.2. The molecule has 2 aromatic heterocycles. The number of aromatic nitrogens is 2. The minimum atomic E-state index is -0.132. The second kappa shape index (κ2) is 4.90. The Morgan fingerprint density at radius 1 is 1.35 bits per heavy atom. The van der Waals surface area contributed by atoms with Gasteiger partial charge in [0.25, 0.3) is 0 Å². The lowest BCUT2D eigenvalue weighted by atomic mass is 10.1. The third kappa shape index (κ3) is 2.18. The highest BCUT2D eigenvalue weighted by molar-refractivity contribution is 9.10. The number of carbonyl (C=O) groups is 1. The molecule has 5 heteroatoms. The van der Waals surface area contributed by atoms with Crippen LogP contribution in [0, 0.1) is 0 Å². The fourth-order valence-corrected chi connectivity index (χ4v) is 2.89. The van der Waals surface area contributed by atoms with Gasteiger partial charge in [-0.3, -0.25) is 9.78 Å². The molecule has 0 spiro atoms. The number of aromatic amines is 1. The van der Waals surface area contributed by atoms with Gasteiger partial charge in [0.2, 0.25) is 5.91 Å². The van der Waals surface area contributed by atoms with Crippen molar-refractivity contribution < 1.29 is 4.79 Å². The van der Waals surface area contributed by atoms with Gasteiger partial charge in [-0.05, 0) is 25.1 Å². The van der Waals surface area contributed by atoms with Crippen LogP contribution in [0.1, 0.15) is 25.6 Å². The maximum Gasteiger partial charge on any atom is 0.217 e. The van der Waals surface area contributed by atoms with Gasteiger partial charge >= 0.3 is 0 Å². The van der Waals surface area contributed by atoms with E-state index in [4.69, 9.17) is 0 Å². The van der Waals surface area contributed by atoms with Crippen LogP contribution in [-0.4, -0.2) is 15.9 Å². The van der Waals surface area contributed by atoms with Gasteiger partial charge in [-0.15, -0.1) is 0 Å². The lowest BCUT2D eigenvalue weighted by molar-refractivity contribution is -0.119. The van der Waals surface area contributed by atoms with Crippen LogP contribution in [0.3, 0.4) is 0 Å². The second-order valence-corrected chi connectivity index (χ2v) is 5.77. The highest BCUT2D eigenvalue weighted by Gasteiger charge is 2.15. The number of fused-ring (bicyclic) bond motifs is 3. The molecule has 0 radical (unpaired) electrons. The molecule has 0 saturated carbocycles. The summed E-state index contributed by atoms with van der Waals surface area (Å²) in [6.07, 6.45) is 1.78. The first kappa shape index (κ1) is 13.1. The maximum atomic E-state index is 11.2. The summed E-state index contributed by atoms with van der Waals surface area (Å²) in [7, 11) is 0. The molecule has 0 aliphatic heterocycles. The first-order chi connectivity index (χ1) is 9.56. The van der Waals surface area contributed by atoms with E-state index in [1.807, 2.05) is 25.1 Å². The predicted octanol–water partition coefficient (Wildman–Crippen LogP) is 3.68. The van der Waals surface area contributed by atoms with E-state index in [0.29, 0.717) is 0 Å². The van der Waals surface area contributed by atoms with Gasteiger partial charge in [-0.1, -0.05) is 22.0 Å². The standard InChI is InChI=1S/C15H14BrN3O/c1-8(18-9(2)20)14-15-12(5-6-17-14)11-4-3-10(16)7-13(11)19-15/h3-8,19H,1-2H3,(H,18,20)/t8-/m1/s1. The van der Waals surface area contributed by atoms with E-state index in [0.717, 1.165) is 32.0 Å². The molecular formula is C15H14BrN3O. The van der Waals surface area contributed by atoms with E-state index >= 15 is 0 Å². The predicted molar refractivity (Wildman–Crippen MR) is 83.5 cm³/mol. The molecule has 2 N–H and O–H groups in total. The summed E-state index contributed by atoms with van der Waals surface area (Å²) in [4.78, 5) is 19.0. The van der Waals surface area contributed by atoms with Crippen molar-refractivity contribution in [1.82, 2.24) is 15.3 Å². The van der Waals surface area contributed by atoms with Crippen molar-refractivity contribution in [3.05, 3.63) is 40.6 Å². The third-order valence-electron chi connectivity index (χ3n) is 3.34. The number of benzene rings is 1. The summed E-state index contributed by atoms with van der Waals surface area (Å²) >= 11 is 3.48. The molecule has 0 fully saturated rings. The molecule has 1 amide bonds. The molecule has 0 unspecified atom stereocenters. The number of pyridine rings is 1. The quantitative estimate of drug-likeness (QED) is 0.752. The number of carbonyl (C=O) groups excluding carboxylic acids is 1. The summed E-state index contributed by atoms with van der Waals surface area (Å²) in [5.41, 5.74) is 2.88. The smallest absolute Gasteiger partial charge is 0.217 e. The third-order valence-corrected chi connectivity index (χ3v) is 3.83. The van der Waals surface area contributed by atoms with Gasteiger partial charge in [0.15, 0.2) is 0 Å². The topological polar surface area (TPSA) is 57.8 Å². The molecule has 102 valence electrons. The van der Waals surface area contributed by atoms with E-state index in [2.05, 4.69) is 37.3 Å². The van der Waals surface area contributed by atoms with E-state index in [9.17, 15) is 4.79 Å². The zero-order chi connectivity index (χ0) is 14.3. The minimum absolute atomic E-state index is 0.0600. The molecule has 1 aromatic carbocycles. The summed E-state index contributed by atoms with van der Waals surface area (Å²) in [6, 6.07) is 8.00. The van der Waals surface area contributed by atoms with Gasteiger partial charge in [0.1, 0.15) is 0 Å². The van der Waals surface area contributed by atoms with Crippen molar-refractivity contribution >= 4 is 43.6 Å². The van der Waals surface area contributed by atoms with E-state index in [-0.39, 0.29) is 11.9 Å². The van der Waals surface area contributed by atoms with Crippen molar-refractivity contribution in [2.24, 2.45) is 0 Å². The fourth-order valence-electron chi connectivity index (χ4n) is 2.52. The van der Waals surface area contributed by atoms with Crippen LogP contribution in [0.4, 0.5) is 0 Å². The van der Waals surface area contributed by atoms with Crippen molar-refractivity contribution in [1.29, 1.82) is 0 Å². The highest BCUT2D eigenvalue weighted by Crippen LogP contribution is 2.30. The Balaban J connectivity index is 2.23. The van der Waals surface area contributed by atoms with E-state index < -0.39 is 0 Å². The Labute approximate surface area is 124 Å². The molecule has 3 aromatic rings. The van der Waals surface area contributed by atoms with Gasteiger partial charge in [0, 0.05) is 33.9 Å². The SMILES string of the molecule is CC(=O)N[C@H](C)c1nccc2c1[nH]c1cc(Br)ccc12. The monoisotopic (exact) mass is 331 g/mol. The van der Waals surface area contributed by atoms with Gasteiger partial charge in [-0.25, -0.2) is 0 Å². The number of nitrogens with one attached hydrogen (secondary N) is 2. The molecule has 0 bridgehead atoms. The number of amides is 1. The summed E-state index contributed by atoms with van der Waals surface area (Å²) in [6.45, 7) is 3.45. The zero-order valence-corrected chi connectivity index (χ0v) is 12.8. The number of halogens is 1. The summed E-state index contributed by atoms with van der Waals surface area (Å²) < 4.78 is 1.03. The Morgan fingerprint density at radius 2 is 2.15 bits per heavy atom. The number of nitrogens with zero attached hydrogens (tertiary/aromatic N) is 1. The van der Waals surface area contributed by atoms with Crippen molar-refractivity contribution in [2.75, 3.05) is 0 Å². The molecular weight excluding hydrogens is 318 g/mol. The van der Waals surface area contributed by atoms with Gasteiger partial charge in [-0.2, -0.15) is 0 Å².